The summed E-state index contributed by atoms with van der Waals surface area (Å²) in [6.45, 7) is 6.62. The first kappa shape index (κ1) is 16.8. The normalized spacial score (nSPS) is 23.2. The second-order valence-corrected chi connectivity index (χ2v) is 6.90. The molecule has 2 atom stereocenters. The van der Waals surface area contributed by atoms with E-state index in [-0.39, 0.29) is 0 Å². The van der Waals surface area contributed by atoms with E-state index in [1.165, 1.54) is 44.1 Å². The largest absolute Gasteiger partial charge is 0.316 e. The molecule has 1 aliphatic rings. The summed E-state index contributed by atoms with van der Waals surface area (Å²) in [6, 6.07) is 0. The molecule has 1 heterocycles. The lowest BCUT2D eigenvalue weighted by Gasteiger charge is -2.25. The van der Waals surface area contributed by atoms with E-state index in [9.17, 15) is 0 Å². The molecule has 1 aromatic rings. The molecule has 0 spiro atoms. The summed E-state index contributed by atoms with van der Waals surface area (Å²) in [5.74, 6) is 1.53. The van der Waals surface area contributed by atoms with Crippen molar-refractivity contribution in [2.45, 2.75) is 58.8 Å². The van der Waals surface area contributed by atoms with E-state index < -0.39 is 0 Å². The molecule has 1 N–H and O–H groups in total. The number of nitrogens with one attached hydrogen (secondary N) is 1. The minimum atomic E-state index is 0.747. The highest BCUT2D eigenvalue weighted by molar-refractivity contribution is 6.30. The van der Waals surface area contributed by atoms with E-state index >= 15 is 0 Å². The zero-order chi connectivity index (χ0) is 15.2. The summed E-state index contributed by atoms with van der Waals surface area (Å²) in [4.78, 5) is 0. The molecule has 1 fully saturated rings. The molecule has 0 saturated heterocycles. The highest BCUT2D eigenvalue weighted by Gasteiger charge is 2.26. The van der Waals surface area contributed by atoms with Gasteiger partial charge in [0.25, 0.3) is 0 Å². The maximum Gasteiger partial charge on any atom is 0.130 e. The third kappa shape index (κ3) is 4.46. The Kier molecular flexibility index (Phi) is 6.56. The Morgan fingerprint density at radius 3 is 2.57 bits per heavy atom. The zero-order valence-electron chi connectivity index (χ0n) is 13.8. The van der Waals surface area contributed by atoms with Gasteiger partial charge < -0.3 is 5.32 Å². The molecule has 0 aromatic carbocycles. The second kappa shape index (κ2) is 8.19. The van der Waals surface area contributed by atoms with Crippen LogP contribution in [0.3, 0.4) is 0 Å². The third-order valence-electron chi connectivity index (χ3n) is 4.89. The average Bonchev–Trinajstić information content (AvgIpc) is 2.64. The van der Waals surface area contributed by atoms with Gasteiger partial charge in [-0.3, -0.25) is 4.68 Å². The third-order valence-corrected chi connectivity index (χ3v) is 5.36. The van der Waals surface area contributed by atoms with Crippen LogP contribution in [0.25, 0.3) is 0 Å². The Hall–Kier alpha value is -0.540. The van der Waals surface area contributed by atoms with Gasteiger partial charge in [0.2, 0.25) is 0 Å². The van der Waals surface area contributed by atoms with E-state index in [1.807, 2.05) is 11.7 Å². The molecule has 0 radical (unpaired) electrons. The molecule has 4 heteroatoms. The van der Waals surface area contributed by atoms with Gasteiger partial charge in [0.05, 0.1) is 5.69 Å². The van der Waals surface area contributed by atoms with Crippen molar-refractivity contribution in [3.05, 3.63) is 16.4 Å². The summed E-state index contributed by atoms with van der Waals surface area (Å²) in [5, 5.41) is 8.93. The summed E-state index contributed by atoms with van der Waals surface area (Å²) >= 11 is 6.43. The van der Waals surface area contributed by atoms with Crippen LogP contribution in [0.1, 0.15) is 56.7 Å². The number of hydrogen-bond acceptors (Lipinski definition) is 2. The van der Waals surface area contributed by atoms with Gasteiger partial charge >= 0.3 is 0 Å². The van der Waals surface area contributed by atoms with E-state index in [2.05, 4.69) is 24.3 Å². The van der Waals surface area contributed by atoms with Crippen molar-refractivity contribution in [1.82, 2.24) is 15.1 Å². The van der Waals surface area contributed by atoms with E-state index in [0.29, 0.717) is 0 Å². The molecule has 1 saturated carbocycles. The Balaban J connectivity index is 2.05. The van der Waals surface area contributed by atoms with Crippen molar-refractivity contribution in [3.63, 3.8) is 0 Å². The van der Waals surface area contributed by atoms with Gasteiger partial charge in [0.15, 0.2) is 0 Å². The van der Waals surface area contributed by atoms with Crippen LogP contribution in [-0.4, -0.2) is 22.9 Å². The molecule has 3 nitrogen and oxygen atoms in total. The van der Waals surface area contributed by atoms with Crippen molar-refractivity contribution in [2.75, 3.05) is 13.1 Å². The van der Waals surface area contributed by atoms with Crippen LogP contribution in [0.15, 0.2) is 0 Å². The van der Waals surface area contributed by atoms with E-state index in [0.717, 1.165) is 42.2 Å². The quantitative estimate of drug-likeness (QED) is 0.632. The number of aromatic nitrogens is 2. The Bertz CT molecular complexity index is 441. The van der Waals surface area contributed by atoms with Crippen LogP contribution in [0, 0.1) is 18.8 Å². The maximum absolute atomic E-state index is 6.43. The number of rotatable bonds is 6. The lowest BCUT2D eigenvalue weighted by molar-refractivity contribution is 0.298. The second-order valence-electron chi connectivity index (χ2n) is 6.54. The molecule has 2 unspecified atom stereocenters. The van der Waals surface area contributed by atoms with Gasteiger partial charge in [-0.2, -0.15) is 5.10 Å². The maximum atomic E-state index is 6.43. The van der Waals surface area contributed by atoms with Crippen LogP contribution < -0.4 is 5.32 Å². The molecule has 0 aliphatic heterocycles. The lowest BCUT2D eigenvalue weighted by Crippen LogP contribution is -2.29. The number of hydrogen-bond donors (Lipinski definition) is 1. The minimum absolute atomic E-state index is 0.747. The predicted molar refractivity (Wildman–Crippen MR) is 89.9 cm³/mol. The molecule has 1 aromatic heterocycles. The van der Waals surface area contributed by atoms with Crippen LogP contribution >= 0.6 is 11.6 Å². The van der Waals surface area contributed by atoms with Crippen molar-refractivity contribution >= 4 is 11.6 Å². The van der Waals surface area contributed by atoms with Crippen molar-refractivity contribution in [1.29, 1.82) is 0 Å². The van der Waals surface area contributed by atoms with Gasteiger partial charge in [-0.05, 0) is 57.5 Å². The molecule has 0 amide bonds. The molecule has 1 aliphatic carbocycles. The molecule has 120 valence electrons. The number of halogens is 1. The average molecular weight is 312 g/mol. The summed E-state index contributed by atoms with van der Waals surface area (Å²) in [6.07, 6.45) is 9.14. The van der Waals surface area contributed by atoms with E-state index in [1.54, 1.807) is 0 Å². The first-order valence-corrected chi connectivity index (χ1v) is 8.90. The standard InChI is InChI=1S/C17H30ClN3/c1-4-10-19-12-15-9-7-5-6-8-14(15)11-16-13(2)20-21(3)17(16)18/h14-15,19H,4-12H2,1-3H3. The van der Waals surface area contributed by atoms with Gasteiger partial charge in [0.1, 0.15) is 5.15 Å². The van der Waals surface area contributed by atoms with Crippen molar-refractivity contribution in [2.24, 2.45) is 18.9 Å². The smallest absolute Gasteiger partial charge is 0.130 e. The fourth-order valence-electron chi connectivity index (χ4n) is 3.63. The Morgan fingerprint density at radius 1 is 1.24 bits per heavy atom. The highest BCUT2D eigenvalue weighted by atomic mass is 35.5. The Labute approximate surface area is 134 Å². The fourth-order valence-corrected chi connectivity index (χ4v) is 3.88. The zero-order valence-corrected chi connectivity index (χ0v) is 14.5. The lowest BCUT2D eigenvalue weighted by atomic mass is 9.83. The van der Waals surface area contributed by atoms with Gasteiger partial charge in [-0.15, -0.1) is 0 Å². The van der Waals surface area contributed by atoms with Crippen LogP contribution in [0.4, 0.5) is 0 Å². The SMILES string of the molecule is CCCNCC1CCCCCC1Cc1c(C)nn(C)c1Cl. The van der Waals surface area contributed by atoms with Crippen LogP contribution in [0.2, 0.25) is 5.15 Å². The molecular weight excluding hydrogens is 282 g/mol. The predicted octanol–water partition coefficient (Wildman–Crippen LogP) is 4.12. The summed E-state index contributed by atoms with van der Waals surface area (Å²) in [5.41, 5.74) is 2.37. The first-order valence-electron chi connectivity index (χ1n) is 8.52. The minimum Gasteiger partial charge on any atom is -0.316 e. The number of nitrogens with zero attached hydrogens (tertiary/aromatic N) is 2. The topological polar surface area (TPSA) is 29.9 Å². The van der Waals surface area contributed by atoms with Gasteiger partial charge in [-0.25, -0.2) is 0 Å². The monoisotopic (exact) mass is 311 g/mol. The highest BCUT2D eigenvalue weighted by Crippen LogP contribution is 2.33. The van der Waals surface area contributed by atoms with Crippen LogP contribution in [0.5, 0.6) is 0 Å². The summed E-state index contributed by atoms with van der Waals surface area (Å²) in [7, 11) is 1.94. The molecule has 2 rings (SSSR count). The van der Waals surface area contributed by atoms with E-state index in [4.69, 9.17) is 11.6 Å². The molecule has 0 bridgehead atoms. The van der Waals surface area contributed by atoms with Crippen molar-refractivity contribution in [3.8, 4) is 0 Å². The first-order chi connectivity index (χ1) is 10.1. The Morgan fingerprint density at radius 2 is 1.95 bits per heavy atom. The van der Waals surface area contributed by atoms with Crippen LogP contribution in [-0.2, 0) is 13.5 Å². The fraction of sp³-hybridized carbons (Fsp3) is 0.824. The van der Waals surface area contributed by atoms with Gasteiger partial charge in [-0.1, -0.05) is 37.8 Å². The van der Waals surface area contributed by atoms with Gasteiger partial charge in [0, 0.05) is 12.6 Å². The summed E-state index contributed by atoms with van der Waals surface area (Å²) < 4.78 is 1.81. The molecule has 21 heavy (non-hydrogen) atoms. The number of aryl methyl sites for hydroxylation is 2. The molecular formula is C17H30ClN3. The van der Waals surface area contributed by atoms with Crippen molar-refractivity contribution < 1.29 is 0 Å².